The molecule has 1 unspecified atom stereocenters. The summed E-state index contributed by atoms with van der Waals surface area (Å²) in [5.74, 6) is 0.886. The zero-order valence-corrected chi connectivity index (χ0v) is 18.3. The molecular formula is C22H18N10O2. The first kappa shape index (κ1) is 21.0. The number of aromatic nitrogens is 9. The molecule has 4 aromatic heterocycles. The molecule has 0 aliphatic rings. The summed E-state index contributed by atoms with van der Waals surface area (Å²) < 4.78 is 14.5. The fourth-order valence-corrected chi connectivity index (χ4v) is 3.53. The zero-order valence-electron chi connectivity index (χ0n) is 18.3. The molecule has 34 heavy (non-hydrogen) atoms. The average Bonchev–Trinajstić information content (AvgIpc) is 3.53. The minimum absolute atomic E-state index is 0.147. The third-order valence-corrected chi connectivity index (χ3v) is 5.03. The van der Waals surface area contributed by atoms with E-state index in [1.165, 1.54) is 13.4 Å². The number of nitriles is 1. The van der Waals surface area contributed by atoms with Crippen molar-refractivity contribution >= 4 is 5.65 Å². The van der Waals surface area contributed by atoms with E-state index >= 15 is 0 Å². The summed E-state index contributed by atoms with van der Waals surface area (Å²) >= 11 is 0. The van der Waals surface area contributed by atoms with E-state index in [-0.39, 0.29) is 17.5 Å². The standard InChI is InChI=1S/C22H18N10O2/c1-14(11-31-13-27-29-30-31)34-16-5-3-4-15(8-16)18-6-7-20-24-10-19(32(20)28-18)21-17(9-23)22(33-2)26-12-25-21/h3-8,10,12-14H,11H2,1-2H3. The van der Waals surface area contributed by atoms with Gasteiger partial charge in [0.25, 0.3) is 0 Å². The molecule has 0 fully saturated rings. The molecule has 0 saturated carbocycles. The molecule has 0 amide bonds. The molecule has 1 aromatic carbocycles. The van der Waals surface area contributed by atoms with E-state index in [1.807, 2.05) is 43.3 Å². The third-order valence-electron chi connectivity index (χ3n) is 5.03. The van der Waals surface area contributed by atoms with Gasteiger partial charge in [-0.1, -0.05) is 12.1 Å². The Morgan fingerprint density at radius 2 is 2.06 bits per heavy atom. The van der Waals surface area contributed by atoms with Gasteiger partial charge in [-0.2, -0.15) is 10.4 Å². The monoisotopic (exact) mass is 454 g/mol. The Hall–Kier alpha value is -4.92. The number of rotatable bonds is 7. The van der Waals surface area contributed by atoms with Crippen molar-refractivity contribution in [3.8, 4) is 40.3 Å². The highest BCUT2D eigenvalue weighted by atomic mass is 16.5. The van der Waals surface area contributed by atoms with Crippen LogP contribution in [-0.4, -0.2) is 58.0 Å². The van der Waals surface area contributed by atoms with Gasteiger partial charge in [-0.05, 0) is 41.6 Å². The smallest absolute Gasteiger partial charge is 0.235 e. The normalized spacial score (nSPS) is 11.8. The molecular weight excluding hydrogens is 436 g/mol. The summed E-state index contributed by atoms with van der Waals surface area (Å²) in [7, 11) is 1.45. The second-order valence-electron chi connectivity index (χ2n) is 7.34. The summed E-state index contributed by atoms with van der Waals surface area (Å²) in [5.41, 5.74) is 3.32. The second-order valence-corrected chi connectivity index (χ2v) is 7.34. The zero-order chi connectivity index (χ0) is 23.5. The minimum Gasteiger partial charge on any atom is -0.489 e. The minimum atomic E-state index is -0.147. The van der Waals surface area contributed by atoms with Gasteiger partial charge in [0.2, 0.25) is 5.88 Å². The molecule has 5 aromatic rings. The Labute approximate surface area is 193 Å². The SMILES string of the molecule is COc1ncnc(-c2cnc3ccc(-c4cccc(OC(C)Cn5cnnn5)c4)nn23)c1C#N. The Morgan fingerprint density at radius 3 is 2.85 bits per heavy atom. The highest BCUT2D eigenvalue weighted by Gasteiger charge is 2.18. The maximum Gasteiger partial charge on any atom is 0.235 e. The number of hydrogen-bond donors (Lipinski definition) is 0. The van der Waals surface area contributed by atoms with Crippen molar-refractivity contribution < 1.29 is 9.47 Å². The quantitative estimate of drug-likeness (QED) is 0.359. The molecule has 12 heteroatoms. The second kappa shape index (κ2) is 8.91. The lowest BCUT2D eigenvalue weighted by atomic mass is 10.1. The van der Waals surface area contributed by atoms with Crippen molar-refractivity contribution in [1.82, 2.24) is 44.8 Å². The summed E-state index contributed by atoms with van der Waals surface area (Å²) in [6, 6.07) is 13.5. The van der Waals surface area contributed by atoms with Crippen molar-refractivity contribution in [1.29, 1.82) is 5.26 Å². The van der Waals surface area contributed by atoms with Gasteiger partial charge in [0, 0.05) is 5.56 Å². The summed E-state index contributed by atoms with van der Waals surface area (Å²) in [5, 5.41) is 25.5. The molecule has 0 saturated heterocycles. The van der Waals surface area contributed by atoms with Gasteiger partial charge < -0.3 is 9.47 Å². The highest BCUT2D eigenvalue weighted by Crippen LogP contribution is 2.28. The van der Waals surface area contributed by atoms with Gasteiger partial charge in [-0.25, -0.2) is 24.1 Å². The summed E-state index contributed by atoms with van der Waals surface area (Å²) in [6.07, 6.45) is 4.36. The molecule has 0 bridgehead atoms. The number of benzene rings is 1. The maximum absolute atomic E-state index is 9.63. The van der Waals surface area contributed by atoms with Crippen LogP contribution in [0.3, 0.4) is 0 Å². The number of methoxy groups -OCH3 is 1. The van der Waals surface area contributed by atoms with E-state index in [1.54, 1.807) is 21.7 Å². The van der Waals surface area contributed by atoms with Crippen LogP contribution in [0.15, 0.2) is 55.2 Å². The first-order valence-corrected chi connectivity index (χ1v) is 10.3. The predicted molar refractivity (Wildman–Crippen MR) is 119 cm³/mol. The van der Waals surface area contributed by atoms with E-state index < -0.39 is 0 Å². The van der Waals surface area contributed by atoms with E-state index in [2.05, 4.69) is 36.5 Å². The Morgan fingerprint density at radius 1 is 1.15 bits per heavy atom. The van der Waals surface area contributed by atoms with Crippen molar-refractivity contribution in [2.24, 2.45) is 0 Å². The number of ether oxygens (including phenoxy) is 2. The molecule has 0 aliphatic carbocycles. The highest BCUT2D eigenvalue weighted by molar-refractivity contribution is 5.69. The van der Waals surface area contributed by atoms with Crippen LogP contribution >= 0.6 is 0 Å². The number of fused-ring (bicyclic) bond motifs is 1. The van der Waals surface area contributed by atoms with E-state index in [0.29, 0.717) is 35.0 Å². The molecule has 1 atom stereocenters. The molecule has 0 spiro atoms. The third kappa shape index (κ3) is 3.97. The van der Waals surface area contributed by atoms with Crippen LogP contribution in [-0.2, 0) is 6.54 Å². The Kier molecular flexibility index (Phi) is 5.49. The lowest BCUT2D eigenvalue weighted by Crippen LogP contribution is -2.20. The first-order valence-electron chi connectivity index (χ1n) is 10.3. The molecule has 168 valence electrons. The van der Waals surface area contributed by atoms with Crippen molar-refractivity contribution in [2.45, 2.75) is 19.6 Å². The Balaban J connectivity index is 1.48. The van der Waals surface area contributed by atoms with E-state index in [4.69, 9.17) is 14.6 Å². The molecule has 0 aliphatic heterocycles. The van der Waals surface area contributed by atoms with Crippen LogP contribution in [0.2, 0.25) is 0 Å². The van der Waals surface area contributed by atoms with E-state index in [9.17, 15) is 5.26 Å². The van der Waals surface area contributed by atoms with Crippen molar-refractivity contribution in [3.05, 3.63) is 60.8 Å². The maximum atomic E-state index is 9.63. The van der Waals surface area contributed by atoms with Gasteiger partial charge >= 0.3 is 0 Å². The van der Waals surface area contributed by atoms with Gasteiger partial charge in [0.1, 0.15) is 47.5 Å². The first-order chi connectivity index (χ1) is 16.7. The molecule has 12 nitrogen and oxygen atoms in total. The largest absolute Gasteiger partial charge is 0.489 e. The predicted octanol–water partition coefficient (Wildman–Crippen LogP) is 2.19. The molecule has 0 radical (unpaired) electrons. The van der Waals surface area contributed by atoms with Crippen LogP contribution in [0, 0.1) is 11.3 Å². The van der Waals surface area contributed by atoms with Crippen LogP contribution in [0.4, 0.5) is 0 Å². The molecule has 5 rings (SSSR count). The topological polar surface area (TPSA) is 142 Å². The fourth-order valence-electron chi connectivity index (χ4n) is 3.53. The number of nitrogens with zero attached hydrogens (tertiary/aromatic N) is 10. The lowest BCUT2D eigenvalue weighted by molar-refractivity contribution is 0.193. The fraction of sp³-hybridized carbons (Fsp3) is 0.182. The van der Waals surface area contributed by atoms with Crippen LogP contribution in [0.5, 0.6) is 11.6 Å². The Bertz CT molecular complexity index is 1490. The van der Waals surface area contributed by atoms with Crippen LogP contribution in [0.25, 0.3) is 28.3 Å². The van der Waals surface area contributed by atoms with Gasteiger partial charge in [0.15, 0.2) is 5.65 Å². The van der Waals surface area contributed by atoms with Crippen LogP contribution < -0.4 is 9.47 Å². The van der Waals surface area contributed by atoms with Gasteiger partial charge in [0.05, 0.1) is 25.5 Å². The van der Waals surface area contributed by atoms with E-state index in [0.717, 1.165) is 5.56 Å². The van der Waals surface area contributed by atoms with Gasteiger partial charge in [-0.3, -0.25) is 0 Å². The van der Waals surface area contributed by atoms with Crippen molar-refractivity contribution in [2.75, 3.05) is 7.11 Å². The number of hydrogen-bond acceptors (Lipinski definition) is 10. The average molecular weight is 454 g/mol. The molecule has 0 N–H and O–H groups in total. The lowest BCUT2D eigenvalue weighted by Gasteiger charge is -2.15. The summed E-state index contributed by atoms with van der Waals surface area (Å²) in [6.45, 7) is 2.46. The van der Waals surface area contributed by atoms with Crippen LogP contribution in [0.1, 0.15) is 12.5 Å². The number of imidazole rings is 1. The molecule has 4 heterocycles. The number of tetrazole rings is 1. The van der Waals surface area contributed by atoms with Crippen molar-refractivity contribution in [3.63, 3.8) is 0 Å². The van der Waals surface area contributed by atoms with Gasteiger partial charge in [-0.15, -0.1) is 5.10 Å². The summed E-state index contributed by atoms with van der Waals surface area (Å²) in [4.78, 5) is 12.7.